The second-order valence-electron chi connectivity index (χ2n) is 5.68. The van der Waals surface area contributed by atoms with Crippen LogP contribution in [-0.2, 0) is 13.0 Å². The van der Waals surface area contributed by atoms with Crippen LogP contribution in [0.25, 0.3) is 0 Å². The lowest BCUT2D eigenvalue weighted by molar-refractivity contribution is 0.233. The lowest BCUT2D eigenvalue weighted by Gasteiger charge is -2.23. The number of nitrogens with one attached hydrogen (secondary N) is 2. The van der Waals surface area contributed by atoms with Gasteiger partial charge in [-0.1, -0.05) is 51.1 Å². The second kappa shape index (κ2) is 7.99. The smallest absolute Gasteiger partial charge is 0.315 e. The summed E-state index contributed by atoms with van der Waals surface area (Å²) in [4.78, 5) is 14.7. The first-order chi connectivity index (χ1) is 10.6. The summed E-state index contributed by atoms with van der Waals surface area (Å²) < 4.78 is 0. The van der Waals surface area contributed by atoms with E-state index in [4.69, 9.17) is 0 Å². The number of hydrogen-bond acceptors (Lipinski definition) is 2. The Balaban J connectivity index is 1.91. The largest absolute Gasteiger partial charge is 0.333 e. The standard InChI is InChI=1S/C18H24N2OS/c1-4-15-10-11-16(22-15)12-19-18(21)20-17(13(2)3)14-8-6-5-7-9-14/h5-11,13,17H,4,12H2,1-3H3,(H2,19,20,21). The topological polar surface area (TPSA) is 41.1 Å². The molecule has 0 fully saturated rings. The maximum Gasteiger partial charge on any atom is 0.315 e. The summed E-state index contributed by atoms with van der Waals surface area (Å²) >= 11 is 1.75. The van der Waals surface area contributed by atoms with Crippen molar-refractivity contribution in [3.05, 3.63) is 57.8 Å². The molecule has 1 aromatic carbocycles. The van der Waals surface area contributed by atoms with Crippen LogP contribution in [0.5, 0.6) is 0 Å². The Morgan fingerprint density at radius 2 is 1.77 bits per heavy atom. The Morgan fingerprint density at radius 3 is 2.36 bits per heavy atom. The lowest BCUT2D eigenvalue weighted by Crippen LogP contribution is -2.39. The minimum Gasteiger partial charge on any atom is -0.333 e. The van der Waals surface area contributed by atoms with Crippen LogP contribution >= 0.6 is 11.3 Å². The first-order valence-corrected chi connectivity index (χ1v) is 8.58. The van der Waals surface area contributed by atoms with Gasteiger partial charge in [0.05, 0.1) is 12.6 Å². The number of hydrogen-bond donors (Lipinski definition) is 2. The van der Waals surface area contributed by atoms with Crippen molar-refractivity contribution < 1.29 is 4.79 Å². The molecule has 118 valence electrons. The highest BCUT2D eigenvalue weighted by atomic mass is 32.1. The van der Waals surface area contributed by atoms with E-state index in [-0.39, 0.29) is 12.1 Å². The van der Waals surface area contributed by atoms with E-state index in [1.165, 1.54) is 9.75 Å². The molecule has 0 aliphatic rings. The molecule has 0 aliphatic heterocycles. The molecule has 0 radical (unpaired) electrons. The van der Waals surface area contributed by atoms with Crippen LogP contribution < -0.4 is 10.6 Å². The van der Waals surface area contributed by atoms with Crippen molar-refractivity contribution in [3.63, 3.8) is 0 Å². The van der Waals surface area contributed by atoms with Gasteiger partial charge in [0.1, 0.15) is 0 Å². The van der Waals surface area contributed by atoms with Crippen molar-refractivity contribution in [1.29, 1.82) is 0 Å². The summed E-state index contributed by atoms with van der Waals surface area (Å²) in [6, 6.07) is 14.2. The van der Waals surface area contributed by atoms with E-state index in [9.17, 15) is 4.79 Å². The molecule has 1 aromatic heterocycles. The van der Waals surface area contributed by atoms with Gasteiger partial charge in [-0.25, -0.2) is 4.79 Å². The zero-order valence-corrected chi connectivity index (χ0v) is 14.2. The molecule has 1 unspecified atom stereocenters. The van der Waals surface area contributed by atoms with Gasteiger partial charge in [-0.05, 0) is 30.0 Å². The van der Waals surface area contributed by atoms with Crippen LogP contribution in [0.15, 0.2) is 42.5 Å². The van der Waals surface area contributed by atoms with E-state index in [1.807, 2.05) is 18.2 Å². The molecule has 2 rings (SSSR count). The Labute approximate surface area is 136 Å². The molecule has 0 aliphatic carbocycles. The quantitative estimate of drug-likeness (QED) is 0.809. The minimum absolute atomic E-state index is 0.0238. The van der Waals surface area contributed by atoms with Crippen LogP contribution in [-0.4, -0.2) is 6.03 Å². The normalized spacial score (nSPS) is 12.2. The minimum atomic E-state index is -0.117. The van der Waals surface area contributed by atoms with Gasteiger partial charge in [0.2, 0.25) is 0 Å². The molecular formula is C18H24N2OS. The zero-order chi connectivity index (χ0) is 15.9. The fourth-order valence-corrected chi connectivity index (χ4v) is 3.26. The molecule has 2 amide bonds. The molecule has 22 heavy (non-hydrogen) atoms. The number of urea groups is 1. The van der Waals surface area contributed by atoms with E-state index in [1.54, 1.807) is 11.3 Å². The Morgan fingerprint density at radius 1 is 1.09 bits per heavy atom. The van der Waals surface area contributed by atoms with E-state index < -0.39 is 0 Å². The van der Waals surface area contributed by atoms with Gasteiger partial charge in [0.15, 0.2) is 0 Å². The molecule has 0 saturated carbocycles. The van der Waals surface area contributed by atoms with E-state index >= 15 is 0 Å². The number of carbonyl (C=O) groups excluding carboxylic acids is 1. The monoisotopic (exact) mass is 316 g/mol. The molecule has 0 bridgehead atoms. The molecule has 3 nitrogen and oxygen atoms in total. The van der Waals surface area contributed by atoms with Gasteiger partial charge in [-0.2, -0.15) is 0 Å². The first kappa shape index (κ1) is 16.6. The maximum atomic E-state index is 12.2. The summed E-state index contributed by atoms with van der Waals surface area (Å²) in [5.41, 5.74) is 1.14. The zero-order valence-electron chi connectivity index (χ0n) is 13.4. The second-order valence-corrected chi connectivity index (χ2v) is 6.93. The highest BCUT2D eigenvalue weighted by Gasteiger charge is 2.17. The highest BCUT2D eigenvalue weighted by molar-refractivity contribution is 7.11. The van der Waals surface area contributed by atoms with E-state index in [2.05, 4.69) is 55.7 Å². The van der Waals surface area contributed by atoms with Crippen LogP contribution in [0.4, 0.5) is 4.79 Å². The number of carbonyl (C=O) groups is 1. The maximum absolute atomic E-state index is 12.2. The fraction of sp³-hybridized carbons (Fsp3) is 0.389. The average Bonchev–Trinajstić information content (AvgIpc) is 2.99. The first-order valence-electron chi connectivity index (χ1n) is 7.77. The van der Waals surface area contributed by atoms with Crippen LogP contribution in [0.1, 0.15) is 42.1 Å². The predicted octanol–water partition coefficient (Wildman–Crippen LogP) is 4.51. The molecule has 2 aromatic rings. The van der Waals surface area contributed by atoms with Crippen molar-refractivity contribution >= 4 is 17.4 Å². The van der Waals surface area contributed by atoms with Crippen molar-refractivity contribution in [2.45, 2.75) is 39.8 Å². The molecule has 4 heteroatoms. The van der Waals surface area contributed by atoms with Gasteiger partial charge in [-0.3, -0.25) is 0 Å². The van der Waals surface area contributed by atoms with Crippen molar-refractivity contribution in [2.75, 3.05) is 0 Å². The SMILES string of the molecule is CCc1ccc(CNC(=O)NC(c2ccccc2)C(C)C)s1. The third-order valence-corrected chi connectivity index (χ3v) is 4.83. The molecule has 1 atom stereocenters. The summed E-state index contributed by atoms with van der Waals surface area (Å²) in [6.07, 6.45) is 1.04. The summed E-state index contributed by atoms with van der Waals surface area (Å²) in [6.45, 7) is 6.95. The Bertz CT molecular complexity index is 592. The fourth-order valence-electron chi connectivity index (χ4n) is 2.36. The Kier molecular flexibility index (Phi) is 6.01. The summed E-state index contributed by atoms with van der Waals surface area (Å²) in [5, 5.41) is 6.03. The molecular weight excluding hydrogens is 292 g/mol. The van der Waals surface area contributed by atoms with Crippen LogP contribution in [0, 0.1) is 5.92 Å². The third kappa shape index (κ3) is 4.60. The number of amides is 2. The summed E-state index contributed by atoms with van der Waals surface area (Å²) in [5.74, 6) is 0.335. The molecule has 0 saturated heterocycles. The predicted molar refractivity (Wildman–Crippen MR) is 93.1 cm³/mol. The lowest BCUT2D eigenvalue weighted by atomic mass is 9.96. The molecule has 2 N–H and O–H groups in total. The number of rotatable bonds is 6. The number of benzene rings is 1. The van der Waals surface area contributed by atoms with Crippen LogP contribution in [0.3, 0.4) is 0 Å². The molecule has 0 spiro atoms. The Hall–Kier alpha value is -1.81. The van der Waals surface area contributed by atoms with Gasteiger partial charge in [0, 0.05) is 9.75 Å². The average molecular weight is 316 g/mol. The third-order valence-electron chi connectivity index (χ3n) is 3.60. The van der Waals surface area contributed by atoms with E-state index in [0.717, 1.165) is 12.0 Å². The van der Waals surface area contributed by atoms with Crippen molar-refractivity contribution in [3.8, 4) is 0 Å². The van der Waals surface area contributed by atoms with Gasteiger partial charge < -0.3 is 10.6 Å². The summed E-state index contributed by atoms with van der Waals surface area (Å²) in [7, 11) is 0. The van der Waals surface area contributed by atoms with E-state index in [0.29, 0.717) is 12.5 Å². The number of thiophene rings is 1. The van der Waals surface area contributed by atoms with Gasteiger partial charge >= 0.3 is 6.03 Å². The van der Waals surface area contributed by atoms with Gasteiger partial charge in [0.25, 0.3) is 0 Å². The van der Waals surface area contributed by atoms with Crippen molar-refractivity contribution in [2.24, 2.45) is 5.92 Å². The highest BCUT2D eigenvalue weighted by Crippen LogP contribution is 2.21. The van der Waals surface area contributed by atoms with Crippen molar-refractivity contribution in [1.82, 2.24) is 10.6 Å². The molecule has 1 heterocycles. The number of aryl methyl sites for hydroxylation is 1. The van der Waals surface area contributed by atoms with Crippen LogP contribution in [0.2, 0.25) is 0 Å². The van der Waals surface area contributed by atoms with Gasteiger partial charge in [-0.15, -0.1) is 11.3 Å².